The molecule has 1 rings (SSSR count). The van der Waals surface area contributed by atoms with Crippen molar-refractivity contribution in [2.45, 2.75) is 26.2 Å². The zero-order chi connectivity index (χ0) is 11.5. The molecule has 0 aliphatic heterocycles. The molecule has 0 heterocycles. The summed E-state index contributed by atoms with van der Waals surface area (Å²) in [6.45, 7) is 6.41. The molecule has 0 unspecified atom stereocenters. The number of ether oxygens (including phenoxy) is 1. The van der Waals surface area contributed by atoms with Crippen LogP contribution in [0.1, 0.15) is 36.7 Å². The van der Waals surface area contributed by atoms with E-state index in [4.69, 9.17) is 0 Å². The van der Waals surface area contributed by atoms with Gasteiger partial charge >= 0.3 is 12.4 Å². The summed E-state index contributed by atoms with van der Waals surface area (Å²) >= 11 is 0. The molecule has 0 fully saturated rings. The molecular formula is C12H14O3. The van der Waals surface area contributed by atoms with Gasteiger partial charge in [-0.25, -0.2) is 4.79 Å². The summed E-state index contributed by atoms with van der Waals surface area (Å²) < 4.78 is 4.23. The molecule has 0 atom stereocenters. The van der Waals surface area contributed by atoms with Gasteiger partial charge in [-0.1, -0.05) is 32.9 Å². The van der Waals surface area contributed by atoms with Crippen molar-refractivity contribution in [3.8, 4) is 0 Å². The van der Waals surface area contributed by atoms with Crippen LogP contribution in [0.25, 0.3) is 0 Å². The van der Waals surface area contributed by atoms with Crippen molar-refractivity contribution < 1.29 is 14.3 Å². The molecule has 3 heteroatoms. The zero-order valence-corrected chi connectivity index (χ0v) is 9.11. The van der Waals surface area contributed by atoms with E-state index in [2.05, 4.69) is 25.5 Å². The van der Waals surface area contributed by atoms with Crippen LogP contribution in [0.3, 0.4) is 0 Å². The first-order chi connectivity index (χ1) is 6.95. The second-order valence-electron chi connectivity index (χ2n) is 4.33. The quantitative estimate of drug-likeness (QED) is 0.423. The topological polar surface area (TPSA) is 43.4 Å². The Balaban J connectivity index is 2.90. The molecule has 0 aromatic heterocycles. The predicted octanol–water partition coefficient (Wildman–Crippen LogP) is 2.30. The van der Waals surface area contributed by atoms with Gasteiger partial charge < -0.3 is 4.74 Å². The van der Waals surface area contributed by atoms with Gasteiger partial charge in [-0.15, -0.1) is 0 Å². The van der Waals surface area contributed by atoms with Crippen LogP contribution in [-0.4, -0.2) is 12.4 Å². The second kappa shape index (κ2) is 4.26. The van der Waals surface area contributed by atoms with Crippen molar-refractivity contribution in [1.29, 1.82) is 0 Å². The third kappa shape index (κ3) is 2.91. The normalized spacial score (nSPS) is 10.9. The summed E-state index contributed by atoms with van der Waals surface area (Å²) in [5.74, 6) is -0.620. The number of benzene rings is 1. The fourth-order valence-electron chi connectivity index (χ4n) is 1.22. The molecule has 0 aliphatic rings. The Bertz CT molecular complexity index is 357. The van der Waals surface area contributed by atoms with Crippen LogP contribution in [0.4, 0.5) is 0 Å². The van der Waals surface area contributed by atoms with E-state index in [0.717, 1.165) is 5.56 Å². The van der Waals surface area contributed by atoms with Gasteiger partial charge in [-0.3, -0.25) is 4.79 Å². The maximum atomic E-state index is 11.2. The zero-order valence-electron chi connectivity index (χ0n) is 9.11. The maximum Gasteiger partial charge on any atom is 0.345 e. The highest BCUT2D eigenvalue weighted by molar-refractivity contribution is 5.92. The van der Waals surface area contributed by atoms with Gasteiger partial charge in [0, 0.05) is 0 Å². The monoisotopic (exact) mass is 206 g/mol. The summed E-state index contributed by atoms with van der Waals surface area (Å²) in [5, 5.41) is 0. The first-order valence-electron chi connectivity index (χ1n) is 4.70. The molecule has 0 aliphatic carbocycles. The van der Waals surface area contributed by atoms with Crippen molar-refractivity contribution in [1.82, 2.24) is 0 Å². The molecule has 0 saturated heterocycles. The maximum absolute atomic E-state index is 11.2. The smallest absolute Gasteiger partial charge is 0.345 e. The van der Waals surface area contributed by atoms with Crippen molar-refractivity contribution in [2.24, 2.45) is 0 Å². The standard InChI is InChI=1S/C12H14O3/c1-12(2,3)10-6-4-9(5-7-10)11(14)15-8-13/h4-8H,1-3H3. The number of rotatable bonds is 2. The minimum absolute atomic E-state index is 0.0487. The van der Waals surface area contributed by atoms with Gasteiger partial charge in [0.05, 0.1) is 5.56 Å². The molecule has 0 spiro atoms. The molecule has 80 valence electrons. The fourth-order valence-corrected chi connectivity index (χ4v) is 1.22. The van der Waals surface area contributed by atoms with Crippen LogP contribution < -0.4 is 0 Å². The predicted molar refractivity (Wildman–Crippen MR) is 56.6 cm³/mol. The number of hydrogen-bond acceptors (Lipinski definition) is 3. The van der Waals surface area contributed by atoms with E-state index < -0.39 is 5.97 Å². The summed E-state index contributed by atoms with van der Waals surface area (Å²) in [7, 11) is 0. The van der Waals surface area contributed by atoms with E-state index in [1.54, 1.807) is 12.1 Å². The fraction of sp³-hybridized carbons (Fsp3) is 0.333. The van der Waals surface area contributed by atoms with E-state index in [1.165, 1.54) is 0 Å². The Labute approximate surface area is 89.1 Å². The van der Waals surface area contributed by atoms with Gasteiger partial charge in [0.25, 0.3) is 0 Å². The minimum atomic E-state index is -0.620. The lowest BCUT2D eigenvalue weighted by Gasteiger charge is -2.18. The number of carbonyl (C=O) groups is 2. The Morgan fingerprint density at radius 1 is 1.20 bits per heavy atom. The van der Waals surface area contributed by atoms with Crippen molar-refractivity contribution in [2.75, 3.05) is 0 Å². The molecule has 0 amide bonds. The molecule has 1 aromatic carbocycles. The van der Waals surface area contributed by atoms with Gasteiger partial charge in [-0.05, 0) is 23.1 Å². The Morgan fingerprint density at radius 2 is 1.73 bits per heavy atom. The van der Waals surface area contributed by atoms with Gasteiger partial charge in [0.15, 0.2) is 0 Å². The van der Waals surface area contributed by atoms with Crippen molar-refractivity contribution in [3.63, 3.8) is 0 Å². The van der Waals surface area contributed by atoms with Crippen molar-refractivity contribution >= 4 is 12.4 Å². The average Bonchev–Trinajstić information content (AvgIpc) is 2.17. The second-order valence-corrected chi connectivity index (χ2v) is 4.33. The summed E-state index contributed by atoms with van der Waals surface area (Å²) in [6.07, 6.45) is 0. The Morgan fingerprint density at radius 3 is 2.13 bits per heavy atom. The Kier molecular flexibility index (Phi) is 3.24. The molecule has 0 N–H and O–H groups in total. The summed E-state index contributed by atoms with van der Waals surface area (Å²) in [5.41, 5.74) is 1.56. The van der Waals surface area contributed by atoms with Gasteiger partial charge in [0.2, 0.25) is 0 Å². The first-order valence-corrected chi connectivity index (χ1v) is 4.70. The van der Waals surface area contributed by atoms with E-state index in [1.807, 2.05) is 12.1 Å². The third-order valence-corrected chi connectivity index (χ3v) is 2.14. The van der Waals surface area contributed by atoms with E-state index >= 15 is 0 Å². The number of esters is 1. The molecule has 0 radical (unpaired) electrons. The van der Waals surface area contributed by atoms with Crippen LogP contribution in [0, 0.1) is 0 Å². The highest BCUT2D eigenvalue weighted by Crippen LogP contribution is 2.22. The molecule has 0 bridgehead atoms. The first kappa shape index (κ1) is 11.4. The Hall–Kier alpha value is -1.64. The highest BCUT2D eigenvalue weighted by Gasteiger charge is 2.14. The summed E-state index contributed by atoms with van der Waals surface area (Å²) in [6, 6.07) is 7.04. The van der Waals surface area contributed by atoms with Crippen LogP contribution in [0.5, 0.6) is 0 Å². The van der Waals surface area contributed by atoms with Crippen LogP contribution in [0.2, 0.25) is 0 Å². The highest BCUT2D eigenvalue weighted by atomic mass is 16.6. The minimum Gasteiger partial charge on any atom is -0.392 e. The largest absolute Gasteiger partial charge is 0.392 e. The number of carbonyl (C=O) groups excluding carboxylic acids is 2. The van der Waals surface area contributed by atoms with Crippen molar-refractivity contribution in [3.05, 3.63) is 35.4 Å². The lowest BCUT2D eigenvalue weighted by Crippen LogP contribution is -2.11. The third-order valence-electron chi connectivity index (χ3n) is 2.14. The molecular weight excluding hydrogens is 192 g/mol. The van der Waals surface area contributed by atoms with Crippen LogP contribution in [0.15, 0.2) is 24.3 Å². The molecule has 15 heavy (non-hydrogen) atoms. The number of hydrogen-bond donors (Lipinski definition) is 0. The van der Waals surface area contributed by atoms with Gasteiger partial charge in [-0.2, -0.15) is 0 Å². The summed E-state index contributed by atoms with van der Waals surface area (Å²) in [4.78, 5) is 21.1. The lowest BCUT2D eigenvalue weighted by atomic mass is 9.87. The molecule has 0 saturated carbocycles. The van der Waals surface area contributed by atoms with Crippen LogP contribution in [-0.2, 0) is 14.9 Å². The molecule has 3 nitrogen and oxygen atoms in total. The van der Waals surface area contributed by atoms with E-state index in [0.29, 0.717) is 5.56 Å². The van der Waals surface area contributed by atoms with E-state index in [-0.39, 0.29) is 11.9 Å². The molecule has 1 aromatic rings. The van der Waals surface area contributed by atoms with Gasteiger partial charge in [0.1, 0.15) is 0 Å². The van der Waals surface area contributed by atoms with E-state index in [9.17, 15) is 9.59 Å². The SMILES string of the molecule is CC(C)(C)c1ccc(C(=O)OC=O)cc1. The van der Waals surface area contributed by atoms with Crippen LogP contribution >= 0.6 is 0 Å². The average molecular weight is 206 g/mol. The lowest BCUT2D eigenvalue weighted by molar-refractivity contribution is -0.123.